The van der Waals surface area contributed by atoms with Gasteiger partial charge in [-0.05, 0) is 62.6 Å². The number of carbonyl (C=O) groups excluding carboxylic acids is 2. The van der Waals surface area contributed by atoms with E-state index in [1.165, 1.54) is 24.1 Å². The number of anilines is 1. The Balaban J connectivity index is 2.07. The molecule has 208 valence electrons. The van der Waals surface area contributed by atoms with Gasteiger partial charge in [0.25, 0.3) is 10.0 Å². The summed E-state index contributed by atoms with van der Waals surface area (Å²) in [6, 6.07) is 19.9. The van der Waals surface area contributed by atoms with Gasteiger partial charge >= 0.3 is 0 Å². The van der Waals surface area contributed by atoms with Gasteiger partial charge in [-0.15, -0.1) is 0 Å². The van der Waals surface area contributed by atoms with Crippen LogP contribution in [0.3, 0.4) is 0 Å². The summed E-state index contributed by atoms with van der Waals surface area (Å²) in [5.74, 6) is -0.511. The number of amides is 2. The third-order valence-corrected chi connectivity index (χ3v) is 8.33. The lowest BCUT2D eigenvalue weighted by Crippen LogP contribution is -2.51. The molecular weight excluding hydrogens is 514 g/mol. The van der Waals surface area contributed by atoms with Crippen molar-refractivity contribution in [1.29, 1.82) is 0 Å². The van der Waals surface area contributed by atoms with Crippen molar-refractivity contribution < 1.29 is 22.7 Å². The van der Waals surface area contributed by atoms with Crippen molar-refractivity contribution in [3.05, 3.63) is 89.5 Å². The minimum Gasteiger partial charge on any atom is -0.495 e. The standard InChI is InChI=1S/C30H37N3O5S/c1-6-19-31-30(35)24(4)32(20-25-12-8-7-11-23(25)3)29(34)21-33(27-13-9-10-14-28(27)38-5)39(36,37)26-17-15-22(2)16-18-26/h7-18,24H,6,19-21H2,1-5H3,(H,31,35)/t24-/m1/s1. The Bertz CT molecular complexity index is 1390. The summed E-state index contributed by atoms with van der Waals surface area (Å²) in [7, 11) is -2.72. The number of sulfonamides is 1. The minimum absolute atomic E-state index is 0.0472. The lowest BCUT2D eigenvalue weighted by molar-refractivity contribution is -0.139. The van der Waals surface area contributed by atoms with E-state index >= 15 is 0 Å². The third kappa shape index (κ3) is 7.17. The van der Waals surface area contributed by atoms with Crippen LogP contribution in [0, 0.1) is 13.8 Å². The van der Waals surface area contributed by atoms with E-state index in [-0.39, 0.29) is 23.0 Å². The Morgan fingerprint density at radius 3 is 2.23 bits per heavy atom. The summed E-state index contributed by atoms with van der Waals surface area (Å²) < 4.78 is 34.4. The predicted molar refractivity (Wildman–Crippen MR) is 153 cm³/mol. The molecule has 1 atom stereocenters. The zero-order valence-corrected chi connectivity index (χ0v) is 24.0. The molecule has 0 aliphatic carbocycles. The van der Waals surface area contributed by atoms with Gasteiger partial charge in [-0.25, -0.2) is 8.42 Å². The quantitative estimate of drug-likeness (QED) is 0.359. The predicted octanol–water partition coefficient (Wildman–Crippen LogP) is 4.45. The molecule has 0 aromatic heterocycles. The van der Waals surface area contributed by atoms with E-state index in [4.69, 9.17) is 4.74 Å². The van der Waals surface area contributed by atoms with E-state index in [1.807, 2.05) is 45.0 Å². The molecule has 39 heavy (non-hydrogen) atoms. The zero-order valence-electron chi connectivity index (χ0n) is 23.2. The van der Waals surface area contributed by atoms with E-state index < -0.39 is 28.5 Å². The van der Waals surface area contributed by atoms with Gasteiger partial charge in [-0.3, -0.25) is 13.9 Å². The second-order valence-corrected chi connectivity index (χ2v) is 11.3. The van der Waals surface area contributed by atoms with Crippen LogP contribution >= 0.6 is 0 Å². The molecular formula is C30H37N3O5S. The highest BCUT2D eigenvalue weighted by molar-refractivity contribution is 7.92. The lowest BCUT2D eigenvalue weighted by Gasteiger charge is -2.32. The summed E-state index contributed by atoms with van der Waals surface area (Å²) in [6.45, 7) is 7.51. The fourth-order valence-electron chi connectivity index (χ4n) is 4.14. The van der Waals surface area contributed by atoms with Crippen molar-refractivity contribution in [3.63, 3.8) is 0 Å². The molecule has 0 unspecified atom stereocenters. The Hall–Kier alpha value is -3.85. The fraction of sp³-hybridized carbons (Fsp3) is 0.333. The number of nitrogens with one attached hydrogen (secondary N) is 1. The van der Waals surface area contributed by atoms with Crippen LogP contribution in [0.4, 0.5) is 5.69 Å². The average molecular weight is 552 g/mol. The number of rotatable bonds is 12. The van der Waals surface area contributed by atoms with Gasteiger partial charge in [-0.1, -0.05) is 61.0 Å². The summed E-state index contributed by atoms with van der Waals surface area (Å²) in [5, 5.41) is 2.85. The molecule has 0 saturated heterocycles. The van der Waals surface area contributed by atoms with Gasteiger partial charge in [0.1, 0.15) is 18.3 Å². The van der Waals surface area contributed by atoms with E-state index in [0.29, 0.717) is 12.3 Å². The highest BCUT2D eigenvalue weighted by Crippen LogP contribution is 2.32. The van der Waals surface area contributed by atoms with Crippen LogP contribution in [0.1, 0.15) is 37.0 Å². The maximum atomic E-state index is 14.0. The van der Waals surface area contributed by atoms with Crippen LogP contribution in [0.15, 0.2) is 77.7 Å². The van der Waals surface area contributed by atoms with Crippen LogP contribution in [0.25, 0.3) is 0 Å². The van der Waals surface area contributed by atoms with Crippen LogP contribution in [0.2, 0.25) is 0 Å². The summed E-state index contributed by atoms with van der Waals surface area (Å²) in [6.07, 6.45) is 0.751. The zero-order chi connectivity index (χ0) is 28.6. The number of aryl methyl sites for hydroxylation is 2. The molecule has 0 aliphatic rings. The van der Waals surface area contributed by atoms with Gasteiger partial charge in [0, 0.05) is 13.1 Å². The topological polar surface area (TPSA) is 96.0 Å². The monoisotopic (exact) mass is 551 g/mol. The molecule has 0 aliphatic heterocycles. The molecule has 2 amide bonds. The van der Waals surface area contributed by atoms with E-state index in [1.54, 1.807) is 43.3 Å². The number of methoxy groups -OCH3 is 1. The number of benzene rings is 3. The molecule has 0 saturated carbocycles. The Morgan fingerprint density at radius 1 is 0.949 bits per heavy atom. The number of para-hydroxylation sites is 2. The second kappa shape index (κ2) is 13.3. The van der Waals surface area contributed by atoms with Crippen molar-refractivity contribution in [2.75, 3.05) is 24.5 Å². The van der Waals surface area contributed by atoms with Crippen LogP contribution in [0.5, 0.6) is 5.75 Å². The first-order valence-corrected chi connectivity index (χ1v) is 14.4. The molecule has 3 rings (SSSR count). The Morgan fingerprint density at radius 2 is 1.59 bits per heavy atom. The molecule has 8 nitrogen and oxygen atoms in total. The lowest BCUT2D eigenvalue weighted by atomic mass is 10.1. The first-order chi connectivity index (χ1) is 18.6. The molecule has 0 fully saturated rings. The van der Waals surface area contributed by atoms with Crippen molar-refractivity contribution in [2.24, 2.45) is 0 Å². The molecule has 1 N–H and O–H groups in total. The van der Waals surface area contributed by atoms with Crippen molar-refractivity contribution in [1.82, 2.24) is 10.2 Å². The Labute approximate surface area is 231 Å². The number of hydrogen-bond donors (Lipinski definition) is 1. The molecule has 0 bridgehead atoms. The molecule has 0 heterocycles. The maximum Gasteiger partial charge on any atom is 0.264 e. The summed E-state index contributed by atoms with van der Waals surface area (Å²) in [4.78, 5) is 28.4. The molecule has 0 spiro atoms. The van der Waals surface area contributed by atoms with E-state index in [9.17, 15) is 18.0 Å². The fourth-order valence-corrected chi connectivity index (χ4v) is 5.56. The molecule has 3 aromatic carbocycles. The van der Waals surface area contributed by atoms with E-state index in [2.05, 4.69) is 5.32 Å². The van der Waals surface area contributed by atoms with Crippen LogP contribution in [-0.2, 0) is 26.2 Å². The second-order valence-electron chi connectivity index (χ2n) is 9.41. The normalized spacial score (nSPS) is 11.9. The highest BCUT2D eigenvalue weighted by Gasteiger charge is 2.33. The van der Waals surface area contributed by atoms with Crippen molar-refractivity contribution in [2.45, 2.75) is 51.6 Å². The third-order valence-electron chi connectivity index (χ3n) is 6.56. The minimum atomic E-state index is -4.17. The smallest absolute Gasteiger partial charge is 0.264 e. The number of hydrogen-bond acceptors (Lipinski definition) is 5. The summed E-state index contributed by atoms with van der Waals surface area (Å²) >= 11 is 0. The van der Waals surface area contributed by atoms with Gasteiger partial charge in [0.2, 0.25) is 11.8 Å². The highest BCUT2D eigenvalue weighted by atomic mass is 32.2. The van der Waals surface area contributed by atoms with E-state index in [0.717, 1.165) is 27.4 Å². The van der Waals surface area contributed by atoms with Crippen molar-refractivity contribution >= 4 is 27.5 Å². The summed E-state index contributed by atoms with van der Waals surface area (Å²) in [5.41, 5.74) is 2.97. The average Bonchev–Trinajstić information content (AvgIpc) is 2.93. The first kappa shape index (κ1) is 29.7. The maximum absolute atomic E-state index is 14.0. The van der Waals surface area contributed by atoms with Gasteiger partial charge < -0.3 is 15.0 Å². The largest absolute Gasteiger partial charge is 0.495 e. The Kier molecular flexibility index (Phi) is 10.1. The molecule has 3 aromatic rings. The van der Waals surface area contributed by atoms with Crippen LogP contribution < -0.4 is 14.4 Å². The van der Waals surface area contributed by atoms with Gasteiger partial charge in [0.05, 0.1) is 17.7 Å². The SMILES string of the molecule is CCCNC(=O)[C@@H](C)N(Cc1ccccc1C)C(=O)CN(c1ccccc1OC)S(=O)(=O)c1ccc(C)cc1. The molecule has 9 heteroatoms. The molecule has 0 radical (unpaired) electrons. The van der Waals surface area contributed by atoms with Crippen LogP contribution in [-0.4, -0.2) is 51.4 Å². The number of carbonyl (C=O) groups is 2. The first-order valence-electron chi connectivity index (χ1n) is 12.9. The number of nitrogens with zero attached hydrogens (tertiary/aromatic N) is 2. The number of ether oxygens (including phenoxy) is 1. The van der Waals surface area contributed by atoms with Gasteiger partial charge in [0.15, 0.2) is 0 Å². The van der Waals surface area contributed by atoms with Crippen molar-refractivity contribution in [3.8, 4) is 5.75 Å². The van der Waals surface area contributed by atoms with Gasteiger partial charge in [-0.2, -0.15) is 0 Å².